The van der Waals surface area contributed by atoms with Crippen LogP contribution >= 0.6 is 0 Å². The SMILES string of the molecule is COc1ccc(CN2CCC(NC(=O)c3nn(-c4ccc(C)cc4)c4c3CCC4)CC2)cc1F. The average molecular weight is 463 g/mol. The van der Waals surface area contributed by atoms with Crippen molar-refractivity contribution in [1.82, 2.24) is 20.0 Å². The van der Waals surface area contributed by atoms with E-state index in [-0.39, 0.29) is 23.5 Å². The molecule has 5 rings (SSSR count). The number of benzene rings is 2. The number of amides is 1. The van der Waals surface area contributed by atoms with Gasteiger partial charge in [0.15, 0.2) is 17.3 Å². The quantitative estimate of drug-likeness (QED) is 0.596. The van der Waals surface area contributed by atoms with Crippen molar-refractivity contribution in [2.75, 3.05) is 20.2 Å². The number of halogens is 1. The molecule has 2 heterocycles. The lowest BCUT2D eigenvalue weighted by Crippen LogP contribution is -2.44. The average Bonchev–Trinajstić information content (AvgIpc) is 3.44. The molecule has 1 aromatic heterocycles. The van der Waals surface area contributed by atoms with E-state index in [1.165, 1.54) is 18.7 Å². The van der Waals surface area contributed by atoms with Crippen LogP contribution in [0.2, 0.25) is 0 Å². The predicted molar refractivity (Wildman–Crippen MR) is 129 cm³/mol. The summed E-state index contributed by atoms with van der Waals surface area (Å²) in [5.41, 5.74) is 5.97. The van der Waals surface area contributed by atoms with Crippen LogP contribution in [0.1, 0.15) is 52.1 Å². The molecule has 2 aliphatic rings. The molecule has 34 heavy (non-hydrogen) atoms. The Hall–Kier alpha value is -3.19. The number of rotatable bonds is 6. The van der Waals surface area contributed by atoms with Gasteiger partial charge in [0, 0.05) is 36.9 Å². The Morgan fingerprint density at radius 1 is 1.15 bits per heavy atom. The van der Waals surface area contributed by atoms with E-state index in [9.17, 15) is 9.18 Å². The van der Waals surface area contributed by atoms with Crippen LogP contribution < -0.4 is 10.1 Å². The molecule has 6 nitrogen and oxygen atoms in total. The molecule has 3 aromatic rings. The first-order chi connectivity index (χ1) is 16.5. The number of aromatic nitrogens is 2. The maximum Gasteiger partial charge on any atom is 0.272 e. The summed E-state index contributed by atoms with van der Waals surface area (Å²) in [5.74, 6) is -0.138. The van der Waals surface area contributed by atoms with Crippen molar-refractivity contribution in [2.24, 2.45) is 0 Å². The van der Waals surface area contributed by atoms with E-state index in [0.29, 0.717) is 12.2 Å². The molecule has 178 valence electrons. The molecule has 0 saturated carbocycles. The minimum atomic E-state index is -0.334. The fraction of sp³-hybridized carbons (Fsp3) is 0.407. The highest BCUT2D eigenvalue weighted by molar-refractivity contribution is 5.94. The summed E-state index contributed by atoms with van der Waals surface area (Å²) in [6.07, 6.45) is 4.65. The van der Waals surface area contributed by atoms with Crippen LogP contribution in [0.25, 0.3) is 5.69 Å². The minimum Gasteiger partial charge on any atom is -0.494 e. The number of nitrogens with one attached hydrogen (secondary N) is 1. The van der Waals surface area contributed by atoms with Crippen molar-refractivity contribution < 1.29 is 13.9 Å². The lowest BCUT2D eigenvalue weighted by Gasteiger charge is -2.32. The number of likely N-dealkylation sites (tertiary alicyclic amines) is 1. The van der Waals surface area contributed by atoms with E-state index in [0.717, 1.165) is 67.7 Å². The van der Waals surface area contributed by atoms with Crippen LogP contribution in [0.3, 0.4) is 0 Å². The second kappa shape index (κ2) is 9.58. The molecular formula is C27H31FN4O2. The third-order valence-electron chi connectivity index (χ3n) is 6.97. The molecule has 2 aromatic carbocycles. The van der Waals surface area contributed by atoms with Gasteiger partial charge in [-0.3, -0.25) is 9.69 Å². The largest absolute Gasteiger partial charge is 0.494 e. The molecule has 1 amide bonds. The van der Waals surface area contributed by atoms with Crippen LogP contribution in [-0.2, 0) is 19.4 Å². The van der Waals surface area contributed by atoms with Gasteiger partial charge in [0.1, 0.15) is 0 Å². The lowest BCUT2D eigenvalue weighted by atomic mass is 10.0. The summed E-state index contributed by atoms with van der Waals surface area (Å²) in [6, 6.07) is 13.5. The number of nitrogens with zero attached hydrogens (tertiary/aromatic N) is 3. The van der Waals surface area contributed by atoms with E-state index >= 15 is 0 Å². The minimum absolute atomic E-state index is 0.0697. The lowest BCUT2D eigenvalue weighted by molar-refractivity contribution is 0.0902. The van der Waals surface area contributed by atoms with Crippen molar-refractivity contribution >= 4 is 5.91 Å². The molecule has 1 fully saturated rings. The summed E-state index contributed by atoms with van der Waals surface area (Å²) < 4.78 is 20.9. The number of fused-ring (bicyclic) bond motifs is 1. The van der Waals surface area contributed by atoms with Gasteiger partial charge < -0.3 is 10.1 Å². The van der Waals surface area contributed by atoms with E-state index in [1.54, 1.807) is 6.07 Å². The van der Waals surface area contributed by atoms with Gasteiger partial charge >= 0.3 is 0 Å². The van der Waals surface area contributed by atoms with E-state index in [1.807, 2.05) is 10.7 Å². The van der Waals surface area contributed by atoms with Crippen LogP contribution in [0.5, 0.6) is 5.75 Å². The van der Waals surface area contributed by atoms with Crippen molar-refractivity contribution in [2.45, 2.75) is 51.6 Å². The Morgan fingerprint density at radius 2 is 1.91 bits per heavy atom. The highest BCUT2D eigenvalue weighted by Crippen LogP contribution is 2.28. The summed E-state index contributed by atoms with van der Waals surface area (Å²) in [4.78, 5) is 15.5. The van der Waals surface area contributed by atoms with E-state index < -0.39 is 0 Å². The van der Waals surface area contributed by atoms with Crippen molar-refractivity contribution in [3.05, 3.63) is 76.4 Å². The van der Waals surface area contributed by atoms with Crippen LogP contribution in [0.4, 0.5) is 4.39 Å². The molecule has 1 N–H and O–H groups in total. The predicted octanol–water partition coefficient (Wildman–Crippen LogP) is 4.21. The fourth-order valence-electron chi connectivity index (χ4n) is 5.07. The standard InChI is InChI=1S/C27H31FN4O2/c1-18-6-9-21(10-7-18)32-24-5-3-4-22(24)26(30-32)27(33)29-20-12-14-31(15-13-20)17-19-8-11-25(34-2)23(28)16-19/h6-11,16,20H,3-5,12-15,17H2,1-2H3,(H,29,33). The van der Waals surface area contributed by atoms with Gasteiger partial charge in [0.05, 0.1) is 12.8 Å². The van der Waals surface area contributed by atoms with Gasteiger partial charge in [-0.2, -0.15) is 5.10 Å². The second-order valence-electron chi connectivity index (χ2n) is 9.37. The monoisotopic (exact) mass is 462 g/mol. The van der Waals surface area contributed by atoms with Gasteiger partial charge in [-0.05, 0) is 68.9 Å². The Morgan fingerprint density at radius 3 is 2.62 bits per heavy atom. The Balaban J connectivity index is 1.21. The summed E-state index contributed by atoms with van der Waals surface area (Å²) in [6.45, 7) is 4.47. The number of hydrogen-bond acceptors (Lipinski definition) is 4. The Bertz CT molecular complexity index is 1180. The topological polar surface area (TPSA) is 59.4 Å². The molecule has 7 heteroatoms. The molecule has 0 atom stereocenters. The van der Waals surface area contributed by atoms with Crippen LogP contribution in [0.15, 0.2) is 42.5 Å². The van der Waals surface area contributed by atoms with Gasteiger partial charge in [0.2, 0.25) is 0 Å². The maximum atomic E-state index is 14.0. The molecule has 0 radical (unpaired) electrons. The summed E-state index contributed by atoms with van der Waals surface area (Å²) >= 11 is 0. The van der Waals surface area contributed by atoms with Gasteiger partial charge in [-0.15, -0.1) is 0 Å². The highest BCUT2D eigenvalue weighted by atomic mass is 19.1. The molecule has 1 aliphatic heterocycles. The second-order valence-corrected chi connectivity index (χ2v) is 9.37. The number of aryl methyl sites for hydroxylation is 1. The molecule has 1 aliphatic carbocycles. The van der Waals surface area contributed by atoms with Gasteiger partial charge in [-0.1, -0.05) is 23.8 Å². The summed E-state index contributed by atoms with van der Waals surface area (Å²) in [5, 5.41) is 7.97. The molecule has 0 spiro atoms. The zero-order valence-corrected chi connectivity index (χ0v) is 19.8. The third kappa shape index (κ3) is 4.57. The highest BCUT2D eigenvalue weighted by Gasteiger charge is 2.29. The Labute approximate surface area is 199 Å². The first-order valence-corrected chi connectivity index (χ1v) is 12.1. The number of ether oxygens (including phenoxy) is 1. The van der Waals surface area contributed by atoms with Crippen LogP contribution in [-0.4, -0.2) is 46.8 Å². The van der Waals surface area contributed by atoms with Crippen molar-refractivity contribution in [3.8, 4) is 11.4 Å². The zero-order chi connectivity index (χ0) is 23.7. The molecule has 0 unspecified atom stereocenters. The summed E-state index contributed by atoms with van der Waals surface area (Å²) in [7, 11) is 1.47. The van der Waals surface area contributed by atoms with E-state index in [2.05, 4.69) is 41.4 Å². The van der Waals surface area contributed by atoms with Gasteiger partial charge in [0.25, 0.3) is 5.91 Å². The number of hydrogen-bond donors (Lipinski definition) is 1. The maximum absolute atomic E-state index is 14.0. The zero-order valence-electron chi connectivity index (χ0n) is 19.8. The number of carbonyl (C=O) groups excluding carboxylic acids is 1. The van der Waals surface area contributed by atoms with Gasteiger partial charge in [-0.25, -0.2) is 9.07 Å². The van der Waals surface area contributed by atoms with E-state index in [4.69, 9.17) is 9.84 Å². The number of methoxy groups -OCH3 is 1. The number of piperidine rings is 1. The first kappa shape index (κ1) is 22.6. The van der Waals surface area contributed by atoms with Crippen molar-refractivity contribution in [1.29, 1.82) is 0 Å². The third-order valence-corrected chi connectivity index (χ3v) is 6.97. The molecule has 1 saturated heterocycles. The van der Waals surface area contributed by atoms with Crippen molar-refractivity contribution in [3.63, 3.8) is 0 Å². The smallest absolute Gasteiger partial charge is 0.272 e. The number of carbonyl (C=O) groups is 1. The Kier molecular flexibility index (Phi) is 6.37. The molecule has 0 bridgehead atoms. The molecular weight excluding hydrogens is 431 g/mol. The fourth-order valence-corrected chi connectivity index (χ4v) is 5.07. The van der Waals surface area contributed by atoms with Crippen LogP contribution in [0, 0.1) is 12.7 Å². The first-order valence-electron chi connectivity index (χ1n) is 12.1. The normalized spacial score (nSPS) is 16.4.